The second-order valence-electron chi connectivity index (χ2n) is 7.02. The lowest BCUT2D eigenvalue weighted by Crippen LogP contribution is -2.40. The molecule has 3 rings (SSSR count). The summed E-state index contributed by atoms with van der Waals surface area (Å²) in [6.45, 7) is 2.32. The highest BCUT2D eigenvalue weighted by molar-refractivity contribution is 5.98. The summed E-state index contributed by atoms with van der Waals surface area (Å²) in [5.74, 6) is 1.41. The molecule has 0 heterocycles. The second kappa shape index (κ2) is 5.75. The van der Waals surface area contributed by atoms with Gasteiger partial charge in [0.25, 0.3) is 0 Å². The lowest BCUT2D eigenvalue weighted by molar-refractivity contribution is -0.109. The number of benzene rings is 1. The van der Waals surface area contributed by atoms with Gasteiger partial charge in [0.05, 0.1) is 0 Å². The summed E-state index contributed by atoms with van der Waals surface area (Å²) in [5.41, 5.74) is 1.04. The summed E-state index contributed by atoms with van der Waals surface area (Å²) in [6, 6.07) is 9.72. The van der Waals surface area contributed by atoms with Gasteiger partial charge in [-0.2, -0.15) is 0 Å². The topological polar surface area (TPSA) is 34.1 Å². The van der Waals surface area contributed by atoms with Gasteiger partial charge in [-0.3, -0.25) is 4.79 Å². The number of hydrogen-bond acceptors (Lipinski definition) is 2. The Labute approximate surface area is 126 Å². The van der Waals surface area contributed by atoms with Crippen LogP contribution in [0.2, 0.25) is 0 Å². The second-order valence-corrected chi connectivity index (χ2v) is 7.02. The molecule has 2 nitrogen and oxygen atoms in total. The van der Waals surface area contributed by atoms with E-state index in [4.69, 9.17) is 0 Å². The van der Waals surface area contributed by atoms with Crippen LogP contribution < -0.4 is 0 Å². The molecule has 2 aliphatic carbocycles. The lowest BCUT2D eigenvalue weighted by Gasteiger charge is -2.44. The maximum Gasteiger partial charge on any atom is 0.166 e. The zero-order valence-electron chi connectivity index (χ0n) is 12.8. The van der Waals surface area contributed by atoms with Crippen LogP contribution in [0.25, 0.3) is 0 Å². The van der Waals surface area contributed by atoms with Crippen LogP contribution >= 0.6 is 0 Å². The van der Waals surface area contributed by atoms with Crippen molar-refractivity contribution in [3.63, 3.8) is 0 Å². The molecule has 0 spiro atoms. The van der Waals surface area contributed by atoms with Crippen molar-refractivity contribution in [3.05, 3.63) is 35.9 Å². The van der Waals surface area contributed by atoms with Crippen LogP contribution in [-0.4, -0.2) is 12.1 Å². The molecule has 0 amide bonds. The molecule has 4 atom stereocenters. The first kappa shape index (κ1) is 14.5. The molecule has 0 bridgehead atoms. The number of carbonyl (C=O) groups is 2. The molecule has 0 N–H and O–H groups in total. The summed E-state index contributed by atoms with van der Waals surface area (Å²) < 4.78 is 0. The van der Waals surface area contributed by atoms with Crippen molar-refractivity contribution in [2.75, 3.05) is 0 Å². The minimum atomic E-state index is 0.155. The van der Waals surface area contributed by atoms with Crippen molar-refractivity contribution in [3.8, 4) is 0 Å². The van der Waals surface area contributed by atoms with Gasteiger partial charge in [-0.25, -0.2) is 0 Å². The predicted molar refractivity (Wildman–Crippen MR) is 83.1 cm³/mol. The van der Waals surface area contributed by atoms with E-state index in [1.807, 2.05) is 30.3 Å². The van der Waals surface area contributed by atoms with Gasteiger partial charge < -0.3 is 4.79 Å². The van der Waals surface area contributed by atoms with E-state index in [1.54, 1.807) is 0 Å². The van der Waals surface area contributed by atoms with E-state index in [1.165, 1.54) is 6.42 Å². The Morgan fingerprint density at radius 2 is 2.00 bits per heavy atom. The smallest absolute Gasteiger partial charge is 0.166 e. The van der Waals surface area contributed by atoms with Crippen LogP contribution in [0.5, 0.6) is 0 Å². The first-order valence-electron chi connectivity index (χ1n) is 8.19. The van der Waals surface area contributed by atoms with E-state index in [9.17, 15) is 9.59 Å². The molecule has 0 aromatic heterocycles. The third kappa shape index (κ3) is 2.45. The molecule has 2 heteroatoms. The fraction of sp³-hybridized carbons (Fsp3) is 0.579. The first-order valence-corrected chi connectivity index (χ1v) is 8.19. The monoisotopic (exact) mass is 284 g/mol. The van der Waals surface area contributed by atoms with Gasteiger partial charge in [-0.05, 0) is 42.9 Å². The summed E-state index contributed by atoms with van der Waals surface area (Å²) in [7, 11) is 0. The molecule has 0 radical (unpaired) electrons. The van der Waals surface area contributed by atoms with E-state index < -0.39 is 0 Å². The fourth-order valence-electron chi connectivity index (χ4n) is 4.93. The van der Waals surface area contributed by atoms with E-state index in [0.717, 1.165) is 37.5 Å². The SMILES string of the molecule is C[C@]12CCC[C@H](C(=O)c3ccccc3)C1CCC2CC=O. The zero-order valence-corrected chi connectivity index (χ0v) is 12.8. The Morgan fingerprint density at radius 1 is 1.24 bits per heavy atom. The third-order valence-corrected chi connectivity index (χ3v) is 6.10. The average molecular weight is 284 g/mol. The Bertz CT molecular complexity index is 522. The molecule has 21 heavy (non-hydrogen) atoms. The number of fused-ring (bicyclic) bond motifs is 1. The molecule has 1 aromatic rings. The normalized spacial score (nSPS) is 35.2. The zero-order chi connectivity index (χ0) is 14.9. The van der Waals surface area contributed by atoms with Crippen molar-refractivity contribution < 1.29 is 9.59 Å². The molecule has 2 aliphatic rings. The van der Waals surface area contributed by atoms with E-state index >= 15 is 0 Å². The van der Waals surface area contributed by atoms with Crippen molar-refractivity contribution in [1.29, 1.82) is 0 Å². The lowest BCUT2D eigenvalue weighted by atomic mass is 9.59. The van der Waals surface area contributed by atoms with Crippen LogP contribution in [0.15, 0.2) is 30.3 Å². The standard InChI is InChI=1S/C19H24O2/c1-19-12-5-8-16(17(19)10-9-15(19)11-13-20)18(21)14-6-3-2-4-7-14/h2-4,6-7,13,15-17H,5,8-12H2,1H3/t15?,16-,17?,19+/m0/s1. The van der Waals surface area contributed by atoms with E-state index in [2.05, 4.69) is 6.92 Å². The average Bonchev–Trinajstić information content (AvgIpc) is 2.85. The maximum atomic E-state index is 12.9. The van der Waals surface area contributed by atoms with Crippen LogP contribution in [0.3, 0.4) is 0 Å². The van der Waals surface area contributed by atoms with Crippen molar-refractivity contribution in [2.45, 2.75) is 45.4 Å². The van der Waals surface area contributed by atoms with Gasteiger partial charge in [0.1, 0.15) is 6.29 Å². The van der Waals surface area contributed by atoms with Crippen molar-refractivity contribution in [2.24, 2.45) is 23.2 Å². The predicted octanol–water partition coefficient (Wildman–Crippen LogP) is 4.29. The number of Topliss-reactive ketones (excluding diaryl/α,β-unsaturated/α-hetero) is 1. The third-order valence-electron chi connectivity index (χ3n) is 6.10. The van der Waals surface area contributed by atoms with Gasteiger partial charge in [-0.1, -0.05) is 43.7 Å². The summed E-state index contributed by atoms with van der Waals surface area (Å²) in [4.78, 5) is 23.8. The Kier molecular flexibility index (Phi) is 3.97. The molecule has 1 aromatic carbocycles. The summed E-state index contributed by atoms with van der Waals surface area (Å²) in [5, 5.41) is 0. The molecule has 2 fully saturated rings. The van der Waals surface area contributed by atoms with Gasteiger partial charge in [-0.15, -0.1) is 0 Å². The molecule has 0 aliphatic heterocycles. The number of rotatable bonds is 4. The molecule has 2 unspecified atom stereocenters. The van der Waals surface area contributed by atoms with Gasteiger partial charge in [0.2, 0.25) is 0 Å². The Hall–Kier alpha value is -1.44. The van der Waals surface area contributed by atoms with Crippen LogP contribution in [-0.2, 0) is 4.79 Å². The highest BCUT2D eigenvalue weighted by Crippen LogP contribution is 2.58. The number of hydrogen-bond donors (Lipinski definition) is 0. The van der Waals surface area contributed by atoms with Gasteiger partial charge in [0, 0.05) is 17.9 Å². The van der Waals surface area contributed by atoms with E-state index in [-0.39, 0.29) is 11.3 Å². The van der Waals surface area contributed by atoms with E-state index in [0.29, 0.717) is 24.0 Å². The highest BCUT2D eigenvalue weighted by atomic mass is 16.1. The summed E-state index contributed by atoms with van der Waals surface area (Å²) in [6.07, 6.45) is 7.26. The number of ketones is 1. The minimum Gasteiger partial charge on any atom is -0.303 e. The molecular formula is C19H24O2. The van der Waals surface area contributed by atoms with Crippen LogP contribution in [0, 0.1) is 23.2 Å². The quantitative estimate of drug-likeness (QED) is 0.610. The maximum absolute atomic E-state index is 12.9. The number of carbonyl (C=O) groups excluding carboxylic acids is 2. The first-order chi connectivity index (χ1) is 10.2. The fourth-order valence-corrected chi connectivity index (χ4v) is 4.93. The van der Waals surface area contributed by atoms with Gasteiger partial charge >= 0.3 is 0 Å². The van der Waals surface area contributed by atoms with Crippen molar-refractivity contribution in [1.82, 2.24) is 0 Å². The molecule has 112 valence electrons. The Balaban J connectivity index is 1.85. The van der Waals surface area contributed by atoms with Gasteiger partial charge in [0.15, 0.2) is 5.78 Å². The molecule has 2 saturated carbocycles. The highest BCUT2D eigenvalue weighted by Gasteiger charge is 2.52. The largest absolute Gasteiger partial charge is 0.303 e. The summed E-state index contributed by atoms with van der Waals surface area (Å²) >= 11 is 0. The molecular weight excluding hydrogens is 260 g/mol. The van der Waals surface area contributed by atoms with Crippen LogP contribution in [0.1, 0.15) is 55.8 Å². The Morgan fingerprint density at radius 3 is 2.71 bits per heavy atom. The molecule has 0 saturated heterocycles. The van der Waals surface area contributed by atoms with Crippen molar-refractivity contribution >= 4 is 12.1 Å². The number of aldehydes is 1. The minimum absolute atomic E-state index is 0.155. The van der Waals surface area contributed by atoms with Crippen LogP contribution in [0.4, 0.5) is 0 Å².